The van der Waals surface area contributed by atoms with Crippen LogP contribution in [0.1, 0.15) is 5.56 Å². The van der Waals surface area contributed by atoms with Crippen molar-refractivity contribution in [3.8, 4) is 5.75 Å². The minimum atomic E-state index is -4.62. The van der Waals surface area contributed by atoms with Crippen molar-refractivity contribution in [3.63, 3.8) is 0 Å². The van der Waals surface area contributed by atoms with E-state index >= 15 is 0 Å². The fourth-order valence-corrected chi connectivity index (χ4v) is 1.78. The van der Waals surface area contributed by atoms with Crippen LogP contribution < -0.4 is 4.74 Å². The first kappa shape index (κ1) is 14.2. The van der Waals surface area contributed by atoms with Crippen LogP contribution in [0, 0.1) is 0 Å². The molecule has 0 atom stereocenters. The summed E-state index contributed by atoms with van der Waals surface area (Å²) in [6.07, 6.45) is -3.76. The summed E-state index contributed by atoms with van der Waals surface area (Å²) >= 11 is 0. The molecule has 1 fully saturated rings. The van der Waals surface area contributed by atoms with Crippen molar-refractivity contribution in [1.29, 1.82) is 0 Å². The van der Waals surface area contributed by atoms with Gasteiger partial charge in [-0.3, -0.25) is 0 Å². The highest BCUT2D eigenvalue weighted by Gasteiger charge is 2.61. The van der Waals surface area contributed by atoms with Crippen molar-refractivity contribution >= 4 is 7.85 Å². The van der Waals surface area contributed by atoms with E-state index in [9.17, 15) is 13.2 Å². The smallest absolute Gasteiger partial charge is 0.447 e. The van der Waals surface area contributed by atoms with Crippen molar-refractivity contribution in [3.05, 3.63) is 29.8 Å². The molecule has 7 heteroatoms. The molecule has 0 radical (unpaired) electrons. The van der Waals surface area contributed by atoms with Gasteiger partial charge < -0.3 is 14.2 Å². The van der Waals surface area contributed by atoms with Gasteiger partial charge in [0.15, 0.2) is 6.61 Å². The maximum absolute atomic E-state index is 12.9. The molecule has 0 N–H and O–H groups in total. The van der Waals surface area contributed by atoms with Gasteiger partial charge in [0.05, 0.1) is 13.2 Å². The SMILES string of the molecule is BCc1ccc(OCC2(C(F)(F)F)OCCO2)cc1. The molecule has 1 aliphatic rings. The van der Waals surface area contributed by atoms with E-state index in [1.54, 1.807) is 12.1 Å². The maximum Gasteiger partial charge on any atom is 0.447 e. The topological polar surface area (TPSA) is 27.7 Å². The van der Waals surface area contributed by atoms with E-state index in [1.807, 2.05) is 20.0 Å². The zero-order valence-corrected chi connectivity index (χ0v) is 10.5. The van der Waals surface area contributed by atoms with E-state index in [2.05, 4.69) is 0 Å². The average molecular weight is 274 g/mol. The summed E-state index contributed by atoms with van der Waals surface area (Å²) in [5.74, 6) is -2.28. The van der Waals surface area contributed by atoms with Crippen molar-refractivity contribution in [2.24, 2.45) is 0 Å². The van der Waals surface area contributed by atoms with Gasteiger partial charge in [0, 0.05) is 0 Å². The average Bonchev–Trinajstić information content (AvgIpc) is 2.86. The van der Waals surface area contributed by atoms with Gasteiger partial charge in [-0.2, -0.15) is 13.2 Å². The van der Waals surface area contributed by atoms with Gasteiger partial charge in [0.2, 0.25) is 0 Å². The van der Waals surface area contributed by atoms with E-state index in [1.165, 1.54) is 0 Å². The van der Waals surface area contributed by atoms with Gasteiger partial charge in [0.1, 0.15) is 13.6 Å². The lowest BCUT2D eigenvalue weighted by Gasteiger charge is -2.29. The second-order valence-corrected chi connectivity index (χ2v) is 4.23. The Labute approximate surface area is 110 Å². The zero-order valence-electron chi connectivity index (χ0n) is 10.5. The molecule has 3 nitrogen and oxygen atoms in total. The van der Waals surface area contributed by atoms with E-state index in [0.29, 0.717) is 5.75 Å². The molecule has 0 spiro atoms. The first-order valence-corrected chi connectivity index (χ1v) is 6.03. The lowest BCUT2D eigenvalue weighted by molar-refractivity contribution is -0.350. The Morgan fingerprint density at radius 1 is 1.16 bits per heavy atom. The summed E-state index contributed by atoms with van der Waals surface area (Å²) in [5, 5.41) is 0. The summed E-state index contributed by atoms with van der Waals surface area (Å²) in [6, 6.07) is 6.90. The highest BCUT2D eigenvalue weighted by atomic mass is 19.4. The summed E-state index contributed by atoms with van der Waals surface area (Å²) in [6.45, 7) is -0.878. The highest BCUT2D eigenvalue weighted by Crippen LogP contribution is 2.38. The van der Waals surface area contributed by atoms with Crippen molar-refractivity contribution in [2.45, 2.75) is 18.3 Å². The summed E-state index contributed by atoms with van der Waals surface area (Å²) in [4.78, 5) is 0. The first-order valence-electron chi connectivity index (χ1n) is 6.03. The molecule has 19 heavy (non-hydrogen) atoms. The molecule has 1 aromatic carbocycles. The third-order valence-electron chi connectivity index (χ3n) is 2.95. The Morgan fingerprint density at radius 2 is 1.74 bits per heavy atom. The predicted octanol–water partition coefficient (Wildman–Crippen LogP) is 1.50. The molecule has 0 unspecified atom stereocenters. The monoisotopic (exact) mass is 274 g/mol. The molecule has 0 aliphatic carbocycles. The molecule has 0 bridgehead atoms. The largest absolute Gasteiger partial charge is 0.488 e. The van der Waals surface area contributed by atoms with Gasteiger partial charge in [-0.15, -0.1) is 0 Å². The maximum atomic E-state index is 12.9. The number of hydrogen-bond acceptors (Lipinski definition) is 3. The van der Waals surface area contributed by atoms with E-state index < -0.39 is 18.6 Å². The Kier molecular flexibility index (Phi) is 4.06. The van der Waals surface area contributed by atoms with Gasteiger partial charge in [-0.25, -0.2) is 0 Å². The van der Waals surface area contributed by atoms with Gasteiger partial charge in [0.25, 0.3) is 0 Å². The summed E-state index contributed by atoms with van der Waals surface area (Å²) in [5.41, 5.74) is 1.09. The van der Waals surface area contributed by atoms with Crippen LogP contribution in [0.4, 0.5) is 13.2 Å². The normalized spacial score (nSPS) is 18.5. The molecule has 0 saturated carbocycles. The lowest BCUT2D eigenvalue weighted by atomic mass is 9.97. The van der Waals surface area contributed by atoms with Crippen molar-refractivity contribution < 1.29 is 27.4 Å². The number of ether oxygens (including phenoxy) is 3. The fraction of sp³-hybridized carbons (Fsp3) is 0.500. The third-order valence-corrected chi connectivity index (χ3v) is 2.95. The molecule has 1 aromatic rings. The lowest BCUT2D eigenvalue weighted by Crippen LogP contribution is -2.51. The number of benzene rings is 1. The molecule has 2 rings (SSSR count). The third kappa shape index (κ3) is 3.04. The molecule has 1 heterocycles. The van der Waals surface area contributed by atoms with Crippen LogP contribution in [0.5, 0.6) is 5.75 Å². The highest BCUT2D eigenvalue weighted by molar-refractivity contribution is 6.08. The Bertz CT molecular complexity index is 413. The van der Waals surface area contributed by atoms with Crippen LogP contribution in [0.15, 0.2) is 24.3 Å². The van der Waals surface area contributed by atoms with Gasteiger partial charge in [-0.1, -0.05) is 24.0 Å². The molecular weight excluding hydrogens is 260 g/mol. The van der Waals surface area contributed by atoms with Crippen LogP contribution in [0.25, 0.3) is 0 Å². The van der Waals surface area contributed by atoms with Crippen molar-refractivity contribution in [1.82, 2.24) is 0 Å². The van der Waals surface area contributed by atoms with Crippen molar-refractivity contribution in [2.75, 3.05) is 19.8 Å². The zero-order chi connectivity index (χ0) is 13.9. The van der Waals surface area contributed by atoms with Crippen LogP contribution in [-0.2, 0) is 15.8 Å². The number of halogens is 3. The standard InChI is InChI=1S/C12H14BF3O3/c13-7-9-1-3-10(4-2-9)17-8-11(12(14,15)16)18-5-6-19-11/h1-4H,5-8,13H2. The quantitative estimate of drug-likeness (QED) is 0.779. The van der Waals surface area contributed by atoms with Crippen LogP contribution in [0.2, 0.25) is 0 Å². The van der Waals surface area contributed by atoms with E-state index in [-0.39, 0.29) is 13.2 Å². The Hall–Kier alpha value is -1.21. The molecule has 1 saturated heterocycles. The number of rotatable bonds is 4. The van der Waals surface area contributed by atoms with Gasteiger partial charge in [-0.05, 0) is 12.1 Å². The van der Waals surface area contributed by atoms with Crippen LogP contribution in [0.3, 0.4) is 0 Å². The van der Waals surface area contributed by atoms with Crippen LogP contribution >= 0.6 is 0 Å². The van der Waals surface area contributed by atoms with Gasteiger partial charge >= 0.3 is 12.0 Å². The predicted molar refractivity (Wildman–Crippen MR) is 64.9 cm³/mol. The molecular formula is C12H14BF3O3. The molecule has 1 aliphatic heterocycles. The Balaban J connectivity index is 2.03. The minimum Gasteiger partial charge on any atom is -0.488 e. The van der Waals surface area contributed by atoms with E-state index in [4.69, 9.17) is 14.2 Å². The van der Waals surface area contributed by atoms with E-state index in [0.717, 1.165) is 11.9 Å². The summed E-state index contributed by atoms with van der Waals surface area (Å²) in [7, 11) is 1.99. The number of hydrogen-bond donors (Lipinski definition) is 0. The van der Waals surface area contributed by atoms with Crippen LogP contribution in [-0.4, -0.2) is 39.6 Å². The first-order chi connectivity index (χ1) is 8.97. The fourth-order valence-electron chi connectivity index (χ4n) is 1.78. The minimum absolute atomic E-state index is 0.0857. The Morgan fingerprint density at radius 3 is 2.21 bits per heavy atom. The molecule has 0 amide bonds. The molecule has 0 aromatic heterocycles. The summed E-state index contributed by atoms with van der Waals surface area (Å²) < 4.78 is 53.3. The second-order valence-electron chi connectivity index (χ2n) is 4.23. The number of alkyl halides is 3. The second kappa shape index (κ2) is 5.42. The molecule has 104 valence electrons.